The van der Waals surface area contributed by atoms with Crippen molar-refractivity contribution in [3.8, 4) is 0 Å². The molecular weight excluding hydrogens is 152 g/mol. The number of nitrogens with one attached hydrogen (secondary N) is 1. The molecule has 0 bridgehead atoms. The lowest BCUT2D eigenvalue weighted by Gasteiger charge is -2.07. The van der Waals surface area contributed by atoms with Crippen molar-refractivity contribution in [1.29, 1.82) is 5.41 Å². The summed E-state index contributed by atoms with van der Waals surface area (Å²) in [5.41, 5.74) is 18.9. The van der Waals surface area contributed by atoms with E-state index in [1.54, 1.807) is 12.1 Å². The fourth-order valence-corrected chi connectivity index (χ4v) is 1.04. The van der Waals surface area contributed by atoms with E-state index in [-0.39, 0.29) is 5.84 Å². The van der Waals surface area contributed by atoms with Crippen LogP contribution < -0.4 is 17.2 Å². The van der Waals surface area contributed by atoms with Crippen LogP contribution in [-0.4, -0.2) is 5.84 Å². The average Bonchev–Trinajstić information content (AvgIpc) is 1.96. The van der Waals surface area contributed by atoms with Gasteiger partial charge in [0.15, 0.2) is 0 Å². The Morgan fingerprint density at radius 1 is 1.25 bits per heavy atom. The quantitative estimate of drug-likeness (QED) is 0.275. The maximum absolute atomic E-state index is 7.22. The number of hydrogen-bond acceptors (Lipinski definition) is 3. The number of hydrogen-bond donors (Lipinski definition) is 4. The molecule has 0 aliphatic carbocycles. The van der Waals surface area contributed by atoms with Crippen molar-refractivity contribution in [2.24, 2.45) is 5.73 Å². The van der Waals surface area contributed by atoms with Crippen LogP contribution in [0, 0.1) is 12.3 Å². The molecule has 0 unspecified atom stereocenters. The van der Waals surface area contributed by atoms with Crippen molar-refractivity contribution in [2.45, 2.75) is 6.92 Å². The molecule has 64 valence electrons. The van der Waals surface area contributed by atoms with Gasteiger partial charge in [0, 0.05) is 5.56 Å². The Hall–Kier alpha value is -1.71. The topological polar surface area (TPSA) is 102 Å². The van der Waals surface area contributed by atoms with E-state index in [9.17, 15) is 0 Å². The Kier molecular flexibility index (Phi) is 1.91. The van der Waals surface area contributed by atoms with Crippen LogP contribution >= 0.6 is 0 Å². The van der Waals surface area contributed by atoms with Crippen molar-refractivity contribution in [2.75, 3.05) is 11.5 Å². The first-order chi connectivity index (χ1) is 5.52. The number of amidine groups is 1. The van der Waals surface area contributed by atoms with Crippen LogP contribution in [-0.2, 0) is 0 Å². The van der Waals surface area contributed by atoms with E-state index in [4.69, 9.17) is 22.6 Å². The monoisotopic (exact) mass is 164 g/mol. The molecule has 0 amide bonds. The predicted octanol–water partition coefficient (Wildman–Crippen LogP) is 0.443. The standard InChI is InChI=1S/C8H12N4/c1-4-2-6(9)7(10)3-5(4)8(11)12/h2-3H,9-10H2,1H3,(H3,11,12). The molecule has 0 aliphatic heterocycles. The molecule has 0 saturated heterocycles. The highest BCUT2D eigenvalue weighted by atomic mass is 14.7. The first-order valence-electron chi connectivity index (χ1n) is 3.52. The summed E-state index contributed by atoms with van der Waals surface area (Å²) in [5, 5.41) is 7.22. The summed E-state index contributed by atoms with van der Waals surface area (Å²) in [4.78, 5) is 0. The zero-order chi connectivity index (χ0) is 9.30. The number of nitrogen functional groups attached to an aromatic ring is 3. The summed E-state index contributed by atoms with van der Waals surface area (Å²) in [6.07, 6.45) is 0. The number of benzene rings is 1. The van der Waals surface area contributed by atoms with Gasteiger partial charge < -0.3 is 17.2 Å². The van der Waals surface area contributed by atoms with E-state index in [1.807, 2.05) is 6.92 Å². The summed E-state index contributed by atoms with van der Waals surface area (Å²) in [5.74, 6) is 0.0131. The molecule has 1 aromatic carbocycles. The van der Waals surface area contributed by atoms with E-state index in [1.165, 1.54) is 0 Å². The van der Waals surface area contributed by atoms with Crippen LogP contribution in [0.5, 0.6) is 0 Å². The molecule has 0 fully saturated rings. The fourth-order valence-electron chi connectivity index (χ4n) is 1.04. The van der Waals surface area contributed by atoms with Gasteiger partial charge in [-0.05, 0) is 24.6 Å². The lowest BCUT2D eigenvalue weighted by atomic mass is 10.1. The Labute approximate surface area is 70.9 Å². The van der Waals surface area contributed by atoms with Gasteiger partial charge in [0.25, 0.3) is 0 Å². The third kappa shape index (κ3) is 1.32. The van der Waals surface area contributed by atoms with Crippen molar-refractivity contribution >= 4 is 17.2 Å². The normalized spacial score (nSPS) is 9.75. The molecule has 0 aromatic heterocycles. The minimum Gasteiger partial charge on any atom is -0.397 e. The molecule has 0 heterocycles. The Bertz CT molecular complexity index is 330. The lowest BCUT2D eigenvalue weighted by molar-refractivity contribution is 1.37. The predicted molar refractivity (Wildman–Crippen MR) is 51.0 cm³/mol. The van der Waals surface area contributed by atoms with Gasteiger partial charge in [0.2, 0.25) is 0 Å². The van der Waals surface area contributed by atoms with Gasteiger partial charge in [-0.2, -0.15) is 0 Å². The first-order valence-corrected chi connectivity index (χ1v) is 3.52. The zero-order valence-corrected chi connectivity index (χ0v) is 6.89. The molecule has 4 nitrogen and oxygen atoms in total. The highest BCUT2D eigenvalue weighted by molar-refractivity contribution is 5.98. The zero-order valence-electron chi connectivity index (χ0n) is 6.89. The Balaban J connectivity index is 3.33. The van der Waals surface area contributed by atoms with Crippen molar-refractivity contribution < 1.29 is 0 Å². The minimum absolute atomic E-state index is 0.0131. The second-order valence-electron chi connectivity index (χ2n) is 2.71. The maximum atomic E-state index is 7.22. The molecule has 1 aromatic rings. The van der Waals surface area contributed by atoms with E-state index in [0.717, 1.165) is 5.56 Å². The Morgan fingerprint density at radius 3 is 2.25 bits per heavy atom. The van der Waals surface area contributed by atoms with Crippen molar-refractivity contribution in [1.82, 2.24) is 0 Å². The molecule has 12 heavy (non-hydrogen) atoms. The SMILES string of the molecule is Cc1cc(N)c(N)cc1C(=N)N. The number of rotatable bonds is 1. The third-order valence-electron chi connectivity index (χ3n) is 1.72. The maximum Gasteiger partial charge on any atom is 0.123 e. The molecule has 1 rings (SSSR count). The number of aryl methyl sites for hydroxylation is 1. The van der Waals surface area contributed by atoms with Crippen LogP contribution in [0.1, 0.15) is 11.1 Å². The lowest BCUT2D eigenvalue weighted by Crippen LogP contribution is -2.13. The fraction of sp³-hybridized carbons (Fsp3) is 0.125. The van der Waals surface area contributed by atoms with E-state index >= 15 is 0 Å². The van der Waals surface area contributed by atoms with E-state index in [2.05, 4.69) is 0 Å². The van der Waals surface area contributed by atoms with Crippen molar-refractivity contribution in [3.63, 3.8) is 0 Å². The van der Waals surface area contributed by atoms with E-state index in [0.29, 0.717) is 16.9 Å². The summed E-state index contributed by atoms with van der Waals surface area (Å²) in [6.45, 7) is 1.84. The van der Waals surface area contributed by atoms with Crippen molar-refractivity contribution in [3.05, 3.63) is 23.3 Å². The van der Waals surface area contributed by atoms with Crippen LogP contribution in [0.2, 0.25) is 0 Å². The van der Waals surface area contributed by atoms with E-state index < -0.39 is 0 Å². The molecule has 0 atom stereocenters. The average molecular weight is 164 g/mol. The molecule has 0 aliphatic rings. The van der Waals surface area contributed by atoms with Crippen LogP contribution in [0.15, 0.2) is 12.1 Å². The summed E-state index contributed by atoms with van der Waals surface area (Å²) >= 11 is 0. The number of nitrogens with two attached hydrogens (primary N) is 3. The first kappa shape index (κ1) is 8.39. The van der Waals surface area contributed by atoms with Gasteiger partial charge in [-0.1, -0.05) is 0 Å². The van der Waals surface area contributed by atoms with Crippen LogP contribution in [0.4, 0.5) is 11.4 Å². The summed E-state index contributed by atoms with van der Waals surface area (Å²) < 4.78 is 0. The van der Waals surface area contributed by atoms with Crippen LogP contribution in [0.3, 0.4) is 0 Å². The molecular formula is C8H12N4. The molecule has 0 spiro atoms. The highest BCUT2D eigenvalue weighted by Gasteiger charge is 2.04. The highest BCUT2D eigenvalue weighted by Crippen LogP contribution is 2.19. The van der Waals surface area contributed by atoms with Gasteiger partial charge in [0.05, 0.1) is 11.4 Å². The van der Waals surface area contributed by atoms with Crippen LogP contribution in [0.25, 0.3) is 0 Å². The summed E-state index contributed by atoms with van der Waals surface area (Å²) in [7, 11) is 0. The largest absolute Gasteiger partial charge is 0.397 e. The summed E-state index contributed by atoms with van der Waals surface area (Å²) in [6, 6.07) is 3.33. The third-order valence-corrected chi connectivity index (χ3v) is 1.72. The van der Waals surface area contributed by atoms with Gasteiger partial charge in [-0.25, -0.2) is 0 Å². The number of anilines is 2. The molecule has 0 saturated carbocycles. The van der Waals surface area contributed by atoms with Gasteiger partial charge >= 0.3 is 0 Å². The second-order valence-corrected chi connectivity index (χ2v) is 2.71. The van der Waals surface area contributed by atoms with Gasteiger partial charge in [0.1, 0.15) is 5.84 Å². The molecule has 0 radical (unpaired) electrons. The second kappa shape index (κ2) is 2.73. The Morgan fingerprint density at radius 2 is 1.75 bits per heavy atom. The van der Waals surface area contributed by atoms with Gasteiger partial charge in [-0.3, -0.25) is 5.41 Å². The molecule has 7 N–H and O–H groups in total. The van der Waals surface area contributed by atoms with Gasteiger partial charge in [-0.15, -0.1) is 0 Å². The smallest absolute Gasteiger partial charge is 0.123 e. The minimum atomic E-state index is 0.0131. The molecule has 4 heteroatoms.